The van der Waals surface area contributed by atoms with E-state index in [-0.39, 0.29) is 23.5 Å². The average Bonchev–Trinajstić information content (AvgIpc) is 3.04. The molecule has 0 bridgehead atoms. The zero-order valence-corrected chi connectivity index (χ0v) is 13.2. The van der Waals surface area contributed by atoms with E-state index in [1.54, 1.807) is 23.1 Å². The van der Waals surface area contributed by atoms with Crippen LogP contribution in [0.15, 0.2) is 30.5 Å². The summed E-state index contributed by atoms with van der Waals surface area (Å²) in [6.45, 7) is 0.999. The molecule has 2 heterocycles. The van der Waals surface area contributed by atoms with Crippen molar-refractivity contribution in [1.82, 2.24) is 9.88 Å². The topological polar surface area (TPSA) is 76.3 Å². The van der Waals surface area contributed by atoms with Crippen molar-refractivity contribution in [2.75, 3.05) is 13.1 Å². The fourth-order valence-corrected chi connectivity index (χ4v) is 3.57. The quantitative estimate of drug-likeness (QED) is 0.936. The number of carbonyl (C=O) groups excluding carboxylic acids is 2. The van der Waals surface area contributed by atoms with E-state index in [1.807, 2.05) is 0 Å². The van der Waals surface area contributed by atoms with Gasteiger partial charge >= 0.3 is 0 Å². The van der Waals surface area contributed by atoms with Crippen molar-refractivity contribution in [3.05, 3.63) is 41.2 Å². The van der Waals surface area contributed by atoms with Gasteiger partial charge in [0, 0.05) is 24.6 Å². The summed E-state index contributed by atoms with van der Waals surface area (Å²) in [6.07, 6.45) is 2.65. The summed E-state index contributed by atoms with van der Waals surface area (Å²) in [4.78, 5) is 30.0. The molecule has 2 aromatic rings. The van der Waals surface area contributed by atoms with E-state index in [2.05, 4.69) is 4.98 Å². The van der Waals surface area contributed by atoms with Crippen LogP contribution in [0.5, 0.6) is 0 Å². The number of aromatic nitrogens is 1. The second-order valence-corrected chi connectivity index (χ2v) is 6.51. The van der Waals surface area contributed by atoms with Gasteiger partial charge < -0.3 is 10.6 Å². The molecule has 23 heavy (non-hydrogen) atoms. The van der Waals surface area contributed by atoms with Crippen molar-refractivity contribution in [3.8, 4) is 10.6 Å². The van der Waals surface area contributed by atoms with Gasteiger partial charge in [-0.1, -0.05) is 12.1 Å². The number of likely N-dealkylation sites (tertiary alicyclic amines) is 1. The predicted molar refractivity (Wildman–Crippen MR) is 85.3 cm³/mol. The molecule has 7 heteroatoms. The minimum Gasteiger partial charge on any atom is -0.369 e. The largest absolute Gasteiger partial charge is 0.369 e. The smallest absolute Gasteiger partial charge is 0.265 e. The van der Waals surface area contributed by atoms with Gasteiger partial charge in [-0.15, -0.1) is 11.3 Å². The summed E-state index contributed by atoms with van der Waals surface area (Å²) in [5.74, 6) is -0.956. The first kappa shape index (κ1) is 15.6. The first-order valence-electron chi connectivity index (χ1n) is 7.35. The van der Waals surface area contributed by atoms with E-state index in [0.29, 0.717) is 41.4 Å². The van der Waals surface area contributed by atoms with Crippen LogP contribution < -0.4 is 5.73 Å². The first-order valence-corrected chi connectivity index (χ1v) is 8.17. The second-order valence-electron chi connectivity index (χ2n) is 5.48. The van der Waals surface area contributed by atoms with Crippen molar-refractivity contribution in [3.63, 3.8) is 0 Å². The molecular weight excluding hydrogens is 317 g/mol. The fraction of sp³-hybridized carbons (Fsp3) is 0.312. The summed E-state index contributed by atoms with van der Waals surface area (Å²) < 4.78 is 13.8. The molecule has 0 spiro atoms. The number of rotatable bonds is 3. The Balaban J connectivity index is 1.72. The van der Waals surface area contributed by atoms with Crippen LogP contribution in [0.2, 0.25) is 0 Å². The van der Waals surface area contributed by atoms with E-state index in [9.17, 15) is 14.0 Å². The van der Waals surface area contributed by atoms with Crippen molar-refractivity contribution < 1.29 is 14.0 Å². The molecule has 5 nitrogen and oxygen atoms in total. The monoisotopic (exact) mass is 333 g/mol. The molecule has 1 aromatic carbocycles. The Kier molecular flexibility index (Phi) is 4.38. The van der Waals surface area contributed by atoms with E-state index < -0.39 is 0 Å². The maximum atomic E-state index is 13.8. The Bertz CT molecular complexity index is 738. The van der Waals surface area contributed by atoms with Crippen LogP contribution in [0.1, 0.15) is 22.5 Å². The van der Waals surface area contributed by atoms with Crippen LogP contribution in [-0.2, 0) is 4.79 Å². The molecule has 120 valence electrons. The van der Waals surface area contributed by atoms with Gasteiger partial charge in [-0.05, 0) is 25.0 Å². The van der Waals surface area contributed by atoms with Gasteiger partial charge in [0.2, 0.25) is 5.91 Å². The standard InChI is InChI=1S/C16H16FN3O2S/c17-12-4-2-1-3-11(12)15-19-9-13(23-15)16(22)20-7-5-10(6-8-20)14(18)21/h1-4,9-10H,5-8H2,(H2,18,21). The average molecular weight is 333 g/mol. The van der Waals surface area contributed by atoms with E-state index in [1.165, 1.54) is 23.6 Å². The maximum Gasteiger partial charge on any atom is 0.265 e. The molecule has 0 saturated carbocycles. The third-order valence-electron chi connectivity index (χ3n) is 4.01. The summed E-state index contributed by atoms with van der Waals surface area (Å²) in [6, 6.07) is 6.35. The lowest BCUT2D eigenvalue weighted by Gasteiger charge is -2.30. The third-order valence-corrected chi connectivity index (χ3v) is 5.02. The molecular formula is C16H16FN3O2S. The fourth-order valence-electron chi connectivity index (χ4n) is 2.66. The molecule has 3 rings (SSSR count). The zero-order valence-electron chi connectivity index (χ0n) is 12.4. The molecule has 1 fully saturated rings. The van der Waals surface area contributed by atoms with Gasteiger partial charge in [-0.25, -0.2) is 9.37 Å². The minimum absolute atomic E-state index is 0.131. The number of primary amides is 1. The summed E-state index contributed by atoms with van der Waals surface area (Å²) in [5, 5.41) is 0.485. The SMILES string of the molecule is NC(=O)C1CCN(C(=O)c2cnc(-c3ccccc3F)s2)CC1. The highest BCUT2D eigenvalue weighted by molar-refractivity contribution is 7.16. The lowest BCUT2D eigenvalue weighted by Crippen LogP contribution is -2.41. The molecule has 0 aliphatic carbocycles. The number of nitrogens with zero attached hydrogens (tertiary/aromatic N) is 2. The van der Waals surface area contributed by atoms with Crippen molar-refractivity contribution in [1.29, 1.82) is 0 Å². The molecule has 1 aromatic heterocycles. The molecule has 0 unspecified atom stereocenters. The summed E-state index contributed by atoms with van der Waals surface area (Å²) in [7, 11) is 0. The molecule has 2 amide bonds. The second kappa shape index (κ2) is 6.45. The highest BCUT2D eigenvalue weighted by Crippen LogP contribution is 2.28. The predicted octanol–water partition coefficient (Wildman–Crippen LogP) is 2.29. The van der Waals surface area contributed by atoms with Crippen molar-refractivity contribution in [2.24, 2.45) is 11.7 Å². The highest BCUT2D eigenvalue weighted by Gasteiger charge is 2.27. The van der Waals surface area contributed by atoms with Crippen LogP contribution in [0.4, 0.5) is 4.39 Å². The van der Waals surface area contributed by atoms with E-state index in [0.717, 1.165) is 0 Å². The Hall–Kier alpha value is -2.28. The number of amides is 2. The maximum absolute atomic E-state index is 13.8. The Morgan fingerprint density at radius 3 is 2.61 bits per heavy atom. The number of carbonyl (C=O) groups is 2. The number of nitrogens with two attached hydrogens (primary N) is 1. The van der Waals surface area contributed by atoms with Gasteiger partial charge in [0.25, 0.3) is 5.91 Å². The zero-order chi connectivity index (χ0) is 16.4. The Labute approximate surface area is 136 Å². The number of hydrogen-bond acceptors (Lipinski definition) is 4. The normalized spacial score (nSPS) is 15.6. The number of benzene rings is 1. The molecule has 1 saturated heterocycles. The number of piperidine rings is 1. The van der Waals surface area contributed by atoms with Gasteiger partial charge in [-0.3, -0.25) is 9.59 Å². The van der Waals surface area contributed by atoms with Gasteiger partial charge in [0.15, 0.2) is 0 Å². The third kappa shape index (κ3) is 3.24. The Morgan fingerprint density at radius 1 is 1.26 bits per heavy atom. The van der Waals surface area contributed by atoms with Gasteiger partial charge in [-0.2, -0.15) is 0 Å². The highest BCUT2D eigenvalue weighted by atomic mass is 32.1. The number of halogens is 1. The lowest BCUT2D eigenvalue weighted by molar-refractivity contribution is -0.123. The minimum atomic E-state index is -0.358. The van der Waals surface area contributed by atoms with Crippen LogP contribution in [0.3, 0.4) is 0 Å². The van der Waals surface area contributed by atoms with Crippen LogP contribution in [0, 0.1) is 11.7 Å². The lowest BCUT2D eigenvalue weighted by atomic mass is 9.96. The molecule has 2 N–H and O–H groups in total. The van der Waals surface area contributed by atoms with E-state index in [4.69, 9.17) is 5.73 Å². The molecule has 0 radical (unpaired) electrons. The van der Waals surface area contributed by atoms with Crippen LogP contribution in [0.25, 0.3) is 10.6 Å². The van der Waals surface area contributed by atoms with Crippen LogP contribution >= 0.6 is 11.3 Å². The van der Waals surface area contributed by atoms with Gasteiger partial charge in [0.1, 0.15) is 15.7 Å². The summed E-state index contributed by atoms with van der Waals surface area (Å²) >= 11 is 1.18. The van der Waals surface area contributed by atoms with Crippen molar-refractivity contribution in [2.45, 2.75) is 12.8 Å². The number of thiazole rings is 1. The van der Waals surface area contributed by atoms with Crippen LogP contribution in [-0.4, -0.2) is 34.8 Å². The summed E-state index contributed by atoms with van der Waals surface area (Å²) in [5.41, 5.74) is 5.69. The Morgan fingerprint density at radius 2 is 1.96 bits per heavy atom. The molecule has 1 aliphatic rings. The van der Waals surface area contributed by atoms with E-state index >= 15 is 0 Å². The van der Waals surface area contributed by atoms with Crippen molar-refractivity contribution >= 4 is 23.2 Å². The molecule has 1 aliphatic heterocycles. The first-order chi connectivity index (χ1) is 11.1. The molecule has 0 atom stereocenters. The number of hydrogen-bond donors (Lipinski definition) is 1. The van der Waals surface area contributed by atoms with Gasteiger partial charge in [0.05, 0.1) is 6.20 Å².